The first kappa shape index (κ1) is 16.3. The molecular formula is C13H16FNO4S2. The van der Waals surface area contributed by atoms with Gasteiger partial charge >= 0.3 is 5.97 Å². The van der Waals surface area contributed by atoms with E-state index >= 15 is 0 Å². The molecule has 1 aromatic carbocycles. The maximum atomic E-state index is 13.4. The first-order valence-corrected chi connectivity index (χ1v) is 8.99. The van der Waals surface area contributed by atoms with Gasteiger partial charge in [-0.05, 0) is 24.6 Å². The fourth-order valence-electron chi connectivity index (χ4n) is 2.30. The van der Waals surface area contributed by atoms with E-state index in [9.17, 15) is 17.6 Å². The summed E-state index contributed by atoms with van der Waals surface area (Å²) >= 11 is 1.52. The zero-order chi connectivity index (χ0) is 15.6. The molecule has 21 heavy (non-hydrogen) atoms. The standard InChI is InChI=1S/C13H16FNO4S2/c1-9-2-3-10(14)6-12(9)21(18,19)15-4-5-20-8-11(15)7-13(16)17/h2-3,6,11H,4-5,7-8H2,1H3,(H,16,17). The number of hydrogen-bond donors (Lipinski definition) is 1. The second-order valence-corrected chi connectivity index (χ2v) is 7.86. The smallest absolute Gasteiger partial charge is 0.305 e. The number of sulfonamides is 1. The molecule has 116 valence electrons. The summed E-state index contributed by atoms with van der Waals surface area (Å²) in [6.45, 7) is 1.83. The van der Waals surface area contributed by atoms with Crippen LogP contribution in [0, 0.1) is 12.7 Å². The van der Waals surface area contributed by atoms with Gasteiger partial charge in [-0.25, -0.2) is 12.8 Å². The Kier molecular flexibility index (Phi) is 4.90. The number of aryl methyl sites for hydroxylation is 1. The molecule has 2 rings (SSSR count). The minimum atomic E-state index is -3.89. The van der Waals surface area contributed by atoms with Gasteiger partial charge in [-0.3, -0.25) is 4.79 Å². The van der Waals surface area contributed by atoms with Crippen LogP contribution in [0.5, 0.6) is 0 Å². The van der Waals surface area contributed by atoms with Gasteiger partial charge in [0.25, 0.3) is 0 Å². The molecule has 5 nitrogen and oxygen atoms in total. The summed E-state index contributed by atoms with van der Waals surface area (Å²) < 4.78 is 40.0. The summed E-state index contributed by atoms with van der Waals surface area (Å²) in [6, 6.07) is 3.00. The third-order valence-electron chi connectivity index (χ3n) is 3.32. The third kappa shape index (κ3) is 3.56. The Morgan fingerprint density at radius 2 is 2.24 bits per heavy atom. The molecule has 1 aliphatic rings. The molecule has 1 aliphatic heterocycles. The molecule has 0 aromatic heterocycles. The first-order valence-electron chi connectivity index (χ1n) is 6.40. The van der Waals surface area contributed by atoms with Crippen LogP contribution in [0.2, 0.25) is 0 Å². The Bertz CT molecular complexity index is 648. The normalized spacial score (nSPS) is 20.4. The van der Waals surface area contributed by atoms with Crippen molar-refractivity contribution < 1.29 is 22.7 Å². The maximum absolute atomic E-state index is 13.4. The van der Waals surface area contributed by atoms with Gasteiger partial charge in [0.2, 0.25) is 10.0 Å². The van der Waals surface area contributed by atoms with Crippen molar-refractivity contribution in [1.82, 2.24) is 4.31 Å². The SMILES string of the molecule is Cc1ccc(F)cc1S(=O)(=O)N1CCSCC1CC(=O)O. The fourth-order valence-corrected chi connectivity index (χ4v) is 5.43. The van der Waals surface area contributed by atoms with Crippen molar-refractivity contribution in [1.29, 1.82) is 0 Å². The van der Waals surface area contributed by atoms with Crippen LogP contribution in [-0.2, 0) is 14.8 Å². The van der Waals surface area contributed by atoms with Crippen LogP contribution in [0.3, 0.4) is 0 Å². The van der Waals surface area contributed by atoms with E-state index in [1.807, 2.05) is 0 Å². The molecule has 0 spiro atoms. The summed E-state index contributed by atoms with van der Waals surface area (Å²) in [5, 5.41) is 8.93. The van der Waals surface area contributed by atoms with Crippen LogP contribution in [0.4, 0.5) is 4.39 Å². The van der Waals surface area contributed by atoms with Crippen LogP contribution in [0.15, 0.2) is 23.1 Å². The van der Waals surface area contributed by atoms with E-state index in [1.54, 1.807) is 6.92 Å². The highest BCUT2D eigenvalue weighted by Gasteiger charge is 2.35. The van der Waals surface area contributed by atoms with E-state index in [1.165, 1.54) is 28.2 Å². The van der Waals surface area contributed by atoms with Gasteiger partial charge in [-0.15, -0.1) is 0 Å². The minimum Gasteiger partial charge on any atom is -0.481 e. The van der Waals surface area contributed by atoms with E-state index in [-0.39, 0.29) is 17.9 Å². The molecule has 0 bridgehead atoms. The first-order chi connectivity index (χ1) is 9.82. The molecular weight excluding hydrogens is 317 g/mol. The fraction of sp³-hybridized carbons (Fsp3) is 0.462. The lowest BCUT2D eigenvalue weighted by atomic mass is 10.2. The van der Waals surface area contributed by atoms with Gasteiger partial charge in [0.1, 0.15) is 5.82 Å². The number of thioether (sulfide) groups is 1. The monoisotopic (exact) mass is 333 g/mol. The molecule has 0 aliphatic carbocycles. The molecule has 1 N–H and O–H groups in total. The highest BCUT2D eigenvalue weighted by atomic mass is 32.2. The van der Waals surface area contributed by atoms with Crippen LogP contribution in [0.1, 0.15) is 12.0 Å². The zero-order valence-corrected chi connectivity index (χ0v) is 13.1. The predicted octanol–water partition coefficient (Wildman–Crippen LogP) is 1.71. The molecule has 1 saturated heterocycles. The molecule has 0 radical (unpaired) electrons. The van der Waals surface area contributed by atoms with Gasteiger partial charge in [0, 0.05) is 24.1 Å². The number of aliphatic carboxylic acids is 1. The second kappa shape index (κ2) is 6.33. The highest BCUT2D eigenvalue weighted by Crippen LogP contribution is 2.28. The second-order valence-electron chi connectivity index (χ2n) is 4.85. The van der Waals surface area contributed by atoms with Gasteiger partial charge in [0.05, 0.1) is 11.3 Å². The molecule has 1 heterocycles. The van der Waals surface area contributed by atoms with Crippen molar-refractivity contribution in [2.24, 2.45) is 0 Å². The number of nitrogens with zero attached hydrogens (tertiary/aromatic N) is 1. The van der Waals surface area contributed by atoms with Gasteiger partial charge < -0.3 is 5.11 Å². The van der Waals surface area contributed by atoms with Crippen LogP contribution in [-0.4, -0.2) is 47.9 Å². The molecule has 1 aromatic rings. The number of carboxylic acids is 1. The van der Waals surface area contributed by atoms with Crippen LogP contribution >= 0.6 is 11.8 Å². The Hall–Kier alpha value is -1.12. The quantitative estimate of drug-likeness (QED) is 0.908. The Morgan fingerprint density at radius 1 is 1.52 bits per heavy atom. The highest BCUT2D eigenvalue weighted by molar-refractivity contribution is 7.99. The Morgan fingerprint density at radius 3 is 2.90 bits per heavy atom. The van der Waals surface area contributed by atoms with Crippen molar-refractivity contribution in [2.75, 3.05) is 18.1 Å². The topological polar surface area (TPSA) is 74.7 Å². The molecule has 1 atom stereocenters. The predicted molar refractivity (Wildman–Crippen MR) is 78.4 cm³/mol. The van der Waals surface area contributed by atoms with Crippen molar-refractivity contribution in [2.45, 2.75) is 24.3 Å². The molecule has 0 saturated carbocycles. The maximum Gasteiger partial charge on any atom is 0.305 e. The number of benzene rings is 1. The average Bonchev–Trinajstić information content (AvgIpc) is 2.41. The number of carbonyl (C=O) groups is 1. The average molecular weight is 333 g/mol. The summed E-state index contributed by atoms with van der Waals surface area (Å²) in [5.41, 5.74) is 0.448. The summed E-state index contributed by atoms with van der Waals surface area (Å²) in [7, 11) is -3.89. The summed E-state index contributed by atoms with van der Waals surface area (Å²) in [4.78, 5) is 10.8. The lowest BCUT2D eigenvalue weighted by molar-refractivity contribution is -0.137. The number of rotatable bonds is 4. The van der Waals surface area contributed by atoms with Crippen molar-refractivity contribution in [3.05, 3.63) is 29.6 Å². The van der Waals surface area contributed by atoms with E-state index in [4.69, 9.17) is 5.11 Å². The number of hydrogen-bond acceptors (Lipinski definition) is 4. The third-order valence-corrected chi connectivity index (χ3v) is 6.51. The van der Waals surface area contributed by atoms with Crippen molar-refractivity contribution in [3.63, 3.8) is 0 Å². The van der Waals surface area contributed by atoms with E-state index in [0.29, 0.717) is 17.1 Å². The van der Waals surface area contributed by atoms with Gasteiger partial charge in [-0.2, -0.15) is 16.1 Å². The zero-order valence-electron chi connectivity index (χ0n) is 11.5. The lowest BCUT2D eigenvalue weighted by Crippen LogP contribution is -2.47. The summed E-state index contributed by atoms with van der Waals surface area (Å²) in [6.07, 6.45) is -0.249. The number of halogens is 1. The van der Waals surface area contributed by atoms with Crippen LogP contribution in [0.25, 0.3) is 0 Å². The molecule has 0 amide bonds. The Balaban J connectivity index is 2.40. The molecule has 1 unspecified atom stereocenters. The van der Waals surface area contributed by atoms with Crippen molar-refractivity contribution >= 4 is 27.8 Å². The van der Waals surface area contributed by atoms with E-state index < -0.39 is 27.9 Å². The Labute approximate surface area is 127 Å². The lowest BCUT2D eigenvalue weighted by Gasteiger charge is -2.33. The minimum absolute atomic E-state index is 0.0928. The van der Waals surface area contributed by atoms with E-state index in [2.05, 4.69) is 0 Å². The van der Waals surface area contributed by atoms with Gasteiger partial charge in [0.15, 0.2) is 0 Å². The van der Waals surface area contributed by atoms with Crippen LogP contribution < -0.4 is 0 Å². The molecule has 1 fully saturated rings. The van der Waals surface area contributed by atoms with Crippen molar-refractivity contribution in [3.8, 4) is 0 Å². The summed E-state index contributed by atoms with van der Waals surface area (Å²) in [5.74, 6) is -0.636. The number of carboxylic acid groups (broad SMARTS) is 1. The largest absolute Gasteiger partial charge is 0.481 e. The molecule has 8 heteroatoms. The van der Waals surface area contributed by atoms with Gasteiger partial charge in [-0.1, -0.05) is 6.07 Å². The van der Waals surface area contributed by atoms with E-state index in [0.717, 1.165) is 6.07 Å².